The third-order valence-corrected chi connectivity index (χ3v) is 2.92. The summed E-state index contributed by atoms with van der Waals surface area (Å²) in [4.78, 5) is 0. The minimum atomic E-state index is -1.17. The molecule has 66 valence electrons. The van der Waals surface area contributed by atoms with Crippen molar-refractivity contribution in [3.8, 4) is 0 Å². The summed E-state index contributed by atoms with van der Waals surface area (Å²) < 4.78 is 0. The Morgan fingerprint density at radius 2 is 1.91 bits per heavy atom. The van der Waals surface area contributed by atoms with Gasteiger partial charge in [-0.25, -0.2) is 0 Å². The topological polar surface area (TPSA) is 40.5 Å². The lowest BCUT2D eigenvalue weighted by atomic mass is 10.2. The molecule has 0 saturated heterocycles. The molecule has 0 heterocycles. The van der Waals surface area contributed by atoms with Gasteiger partial charge in [0.2, 0.25) is 0 Å². The van der Waals surface area contributed by atoms with E-state index in [4.69, 9.17) is 10.2 Å². The van der Waals surface area contributed by atoms with Crippen LogP contribution in [0.25, 0.3) is 0 Å². The molecule has 3 heteroatoms. The molecular formula is C8H18O2Si. The van der Waals surface area contributed by atoms with Crippen LogP contribution in [0.1, 0.15) is 0 Å². The first-order valence-electron chi connectivity index (χ1n) is 3.83. The highest BCUT2D eigenvalue weighted by atomic mass is 28.3. The molecule has 1 atom stereocenters. The first-order valence-corrected chi connectivity index (χ1v) is 7.54. The molecule has 0 aromatic heterocycles. The Bertz CT molecular complexity index is 138. The third kappa shape index (κ3) is 5.18. The summed E-state index contributed by atoms with van der Waals surface area (Å²) in [6.07, 6.45) is -0.721. The van der Waals surface area contributed by atoms with Gasteiger partial charge in [-0.05, 0) is 11.6 Å². The van der Waals surface area contributed by atoms with E-state index in [1.54, 1.807) is 0 Å². The maximum atomic E-state index is 9.16. The lowest BCUT2D eigenvalue weighted by Crippen LogP contribution is -2.25. The van der Waals surface area contributed by atoms with Crippen LogP contribution in [0.5, 0.6) is 0 Å². The smallest absolute Gasteiger partial charge is 0.0975 e. The molecule has 0 saturated carbocycles. The van der Waals surface area contributed by atoms with Crippen LogP contribution >= 0.6 is 0 Å². The largest absolute Gasteiger partial charge is 0.393 e. The van der Waals surface area contributed by atoms with E-state index in [-0.39, 0.29) is 6.61 Å². The average Bonchev–Trinajstić information content (AvgIpc) is 1.82. The van der Waals surface area contributed by atoms with Crippen molar-refractivity contribution in [3.05, 3.63) is 12.2 Å². The molecule has 0 fully saturated rings. The van der Waals surface area contributed by atoms with Crippen LogP contribution in [0.4, 0.5) is 0 Å². The normalized spacial score (nSPS) is 14.6. The van der Waals surface area contributed by atoms with Gasteiger partial charge in [0.25, 0.3) is 0 Å². The Labute approximate surface area is 69.6 Å². The van der Waals surface area contributed by atoms with Gasteiger partial charge in [-0.3, -0.25) is 0 Å². The van der Waals surface area contributed by atoms with E-state index in [9.17, 15) is 0 Å². The number of hydrogen-bond acceptors (Lipinski definition) is 2. The van der Waals surface area contributed by atoms with Crippen LogP contribution in [0.3, 0.4) is 0 Å². The third-order valence-electron chi connectivity index (χ3n) is 1.40. The Hall–Kier alpha value is -0.123. The van der Waals surface area contributed by atoms with E-state index >= 15 is 0 Å². The van der Waals surface area contributed by atoms with Crippen LogP contribution in [0.2, 0.25) is 25.7 Å². The molecule has 0 aliphatic rings. The zero-order valence-electron chi connectivity index (χ0n) is 7.59. The second-order valence-corrected chi connectivity index (χ2v) is 9.57. The molecule has 0 bridgehead atoms. The fraction of sp³-hybridized carbons (Fsp3) is 0.750. The first-order chi connectivity index (χ1) is 4.87. The molecule has 0 spiro atoms. The molecule has 0 aromatic rings. The van der Waals surface area contributed by atoms with Gasteiger partial charge >= 0.3 is 0 Å². The number of hydrogen-bond donors (Lipinski definition) is 2. The predicted molar refractivity (Wildman–Crippen MR) is 50.4 cm³/mol. The maximum absolute atomic E-state index is 9.16. The van der Waals surface area contributed by atoms with Crippen molar-refractivity contribution in [3.63, 3.8) is 0 Å². The summed E-state index contributed by atoms with van der Waals surface area (Å²) in [5.74, 6) is 0. The summed E-state index contributed by atoms with van der Waals surface area (Å²) in [6, 6.07) is 0.884. The molecule has 2 nitrogen and oxygen atoms in total. The van der Waals surface area contributed by atoms with Crippen LogP contribution in [0.15, 0.2) is 12.2 Å². The highest BCUT2D eigenvalue weighted by Crippen LogP contribution is 2.16. The van der Waals surface area contributed by atoms with Crippen LogP contribution < -0.4 is 0 Å². The van der Waals surface area contributed by atoms with Gasteiger partial charge in [0.05, 0.1) is 12.7 Å². The van der Waals surface area contributed by atoms with Crippen molar-refractivity contribution in [1.29, 1.82) is 0 Å². The lowest BCUT2D eigenvalue weighted by molar-refractivity contribution is 0.122. The number of aliphatic hydroxyl groups excluding tert-OH is 2. The SMILES string of the molecule is C=C(C[Si](C)(C)C)C(O)CO. The molecular weight excluding hydrogens is 156 g/mol. The predicted octanol–water partition coefficient (Wildman–Crippen LogP) is 1.23. The van der Waals surface area contributed by atoms with E-state index < -0.39 is 14.2 Å². The van der Waals surface area contributed by atoms with Crippen molar-refractivity contribution in [1.82, 2.24) is 0 Å². The fourth-order valence-electron chi connectivity index (χ4n) is 0.928. The average molecular weight is 174 g/mol. The number of rotatable bonds is 4. The molecule has 11 heavy (non-hydrogen) atoms. The molecule has 0 aliphatic carbocycles. The second kappa shape index (κ2) is 4.04. The monoisotopic (exact) mass is 174 g/mol. The van der Waals surface area contributed by atoms with E-state index in [0.717, 1.165) is 11.6 Å². The first kappa shape index (κ1) is 10.9. The lowest BCUT2D eigenvalue weighted by Gasteiger charge is -2.19. The summed E-state index contributed by atoms with van der Waals surface area (Å²) in [5, 5.41) is 17.8. The summed E-state index contributed by atoms with van der Waals surface area (Å²) in [5.41, 5.74) is 0.770. The molecule has 1 unspecified atom stereocenters. The van der Waals surface area contributed by atoms with Gasteiger partial charge < -0.3 is 10.2 Å². The summed E-state index contributed by atoms with van der Waals surface area (Å²) in [7, 11) is -1.17. The van der Waals surface area contributed by atoms with Gasteiger partial charge in [0.15, 0.2) is 0 Å². The van der Waals surface area contributed by atoms with Gasteiger partial charge in [0.1, 0.15) is 0 Å². The minimum absolute atomic E-state index is 0.205. The molecule has 0 radical (unpaired) electrons. The minimum Gasteiger partial charge on any atom is -0.393 e. The molecule has 0 aliphatic heterocycles. The highest BCUT2D eigenvalue weighted by Gasteiger charge is 2.17. The maximum Gasteiger partial charge on any atom is 0.0975 e. The highest BCUT2D eigenvalue weighted by molar-refractivity contribution is 6.76. The zero-order valence-corrected chi connectivity index (χ0v) is 8.59. The van der Waals surface area contributed by atoms with Gasteiger partial charge in [0, 0.05) is 8.07 Å². The second-order valence-electron chi connectivity index (χ2n) is 4.09. The quantitative estimate of drug-likeness (QED) is 0.497. The molecule has 0 rings (SSSR count). The van der Waals surface area contributed by atoms with Crippen LogP contribution in [-0.2, 0) is 0 Å². The van der Waals surface area contributed by atoms with Gasteiger partial charge in [-0.2, -0.15) is 0 Å². The number of aliphatic hydroxyl groups is 2. The molecule has 0 amide bonds. The van der Waals surface area contributed by atoms with Crippen molar-refractivity contribution in [2.24, 2.45) is 0 Å². The van der Waals surface area contributed by atoms with Gasteiger partial charge in [-0.15, -0.1) is 0 Å². The Morgan fingerprint density at radius 1 is 1.45 bits per heavy atom. The van der Waals surface area contributed by atoms with Crippen molar-refractivity contribution < 1.29 is 10.2 Å². The van der Waals surface area contributed by atoms with E-state index in [1.165, 1.54) is 0 Å². The standard InChI is InChI=1S/C8H18O2Si/c1-7(8(10)5-9)6-11(2,3)4/h8-10H,1,5-6H2,2-4H3. The van der Waals surface area contributed by atoms with Crippen LogP contribution in [0, 0.1) is 0 Å². The molecule has 2 N–H and O–H groups in total. The van der Waals surface area contributed by atoms with Crippen molar-refractivity contribution in [2.45, 2.75) is 31.8 Å². The Balaban J connectivity index is 3.88. The Kier molecular flexibility index (Phi) is 4.00. The van der Waals surface area contributed by atoms with Gasteiger partial charge in [-0.1, -0.05) is 26.2 Å². The summed E-state index contributed by atoms with van der Waals surface area (Å²) >= 11 is 0. The molecule has 0 aromatic carbocycles. The van der Waals surface area contributed by atoms with Crippen molar-refractivity contribution in [2.75, 3.05) is 6.61 Å². The fourth-order valence-corrected chi connectivity index (χ4v) is 2.53. The van der Waals surface area contributed by atoms with E-state index in [0.29, 0.717) is 0 Å². The van der Waals surface area contributed by atoms with Crippen molar-refractivity contribution >= 4 is 8.07 Å². The van der Waals surface area contributed by atoms with E-state index in [2.05, 4.69) is 26.2 Å². The van der Waals surface area contributed by atoms with E-state index in [1.807, 2.05) is 0 Å². The zero-order chi connectivity index (χ0) is 9.07. The summed E-state index contributed by atoms with van der Waals surface area (Å²) in [6.45, 7) is 10.2. The Morgan fingerprint density at radius 3 is 2.18 bits per heavy atom. The van der Waals surface area contributed by atoms with Crippen LogP contribution in [-0.4, -0.2) is 31.0 Å².